The monoisotopic (exact) mass is 494 g/mol. The van der Waals surface area contributed by atoms with Crippen molar-refractivity contribution in [2.75, 3.05) is 7.11 Å². The summed E-state index contributed by atoms with van der Waals surface area (Å²) in [5.41, 5.74) is 6.34. The molecule has 0 bridgehead atoms. The Kier molecular flexibility index (Phi) is 5.42. The first-order chi connectivity index (χ1) is 17.5. The fourth-order valence-electron chi connectivity index (χ4n) is 5.01. The number of allylic oxidation sites excluding steroid dienone is 1. The van der Waals surface area contributed by atoms with Crippen molar-refractivity contribution in [3.8, 4) is 5.75 Å². The SMILES string of the molecule is COC(=O)c1ccc(C2C3=C(N=c4s/c(=C\c5cccc(O)c5)c(=O)n42)c2ccccc2CC3)cc1. The smallest absolute Gasteiger partial charge is 0.337 e. The number of esters is 1. The maximum Gasteiger partial charge on any atom is 0.337 e. The van der Waals surface area contributed by atoms with Crippen molar-refractivity contribution in [3.05, 3.63) is 126 Å². The minimum Gasteiger partial charge on any atom is -0.508 e. The number of hydrogen-bond donors (Lipinski definition) is 1. The number of rotatable bonds is 3. The summed E-state index contributed by atoms with van der Waals surface area (Å²) in [6.45, 7) is 0. The minimum absolute atomic E-state index is 0.130. The molecule has 1 aliphatic carbocycles. The maximum atomic E-state index is 13.8. The molecule has 36 heavy (non-hydrogen) atoms. The molecule has 0 saturated heterocycles. The van der Waals surface area contributed by atoms with E-state index in [0.717, 1.165) is 40.8 Å². The van der Waals surface area contributed by atoms with E-state index in [4.69, 9.17) is 9.73 Å². The molecule has 178 valence electrons. The van der Waals surface area contributed by atoms with E-state index in [1.807, 2.05) is 30.3 Å². The first-order valence-electron chi connectivity index (χ1n) is 11.6. The highest BCUT2D eigenvalue weighted by atomic mass is 32.1. The number of phenolic OH excluding ortho intramolecular Hbond substituents is 1. The number of carbonyl (C=O) groups excluding carboxylic acids is 1. The number of benzene rings is 3. The third-order valence-electron chi connectivity index (χ3n) is 6.69. The maximum absolute atomic E-state index is 13.8. The molecule has 2 aliphatic rings. The van der Waals surface area contributed by atoms with Crippen LogP contribution in [0.5, 0.6) is 5.75 Å². The highest BCUT2D eigenvalue weighted by molar-refractivity contribution is 7.07. The van der Waals surface area contributed by atoms with Gasteiger partial charge in [0.15, 0.2) is 4.80 Å². The van der Waals surface area contributed by atoms with E-state index in [-0.39, 0.29) is 17.4 Å². The first-order valence-corrected chi connectivity index (χ1v) is 12.5. The topological polar surface area (TPSA) is 80.9 Å². The number of ether oxygens (including phenoxy) is 1. The van der Waals surface area contributed by atoms with Crippen LogP contribution in [0.1, 0.15) is 45.1 Å². The largest absolute Gasteiger partial charge is 0.508 e. The molecule has 1 aliphatic heterocycles. The minimum atomic E-state index is -0.400. The van der Waals surface area contributed by atoms with Crippen LogP contribution >= 0.6 is 11.3 Å². The molecule has 0 spiro atoms. The van der Waals surface area contributed by atoms with Gasteiger partial charge in [-0.3, -0.25) is 9.36 Å². The van der Waals surface area contributed by atoms with Crippen LogP contribution < -0.4 is 14.9 Å². The molecule has 1 atom stereocenters. The Hall–Kier alpha value is -4.23. The molecule has 0 fully saturated rings. The standard InChI is InChI=1S/C29H22N2O4S/c1-35-28(34)20-11-9-19(10-12-20)26-23-14-13-18-6-2-3-8-22(18)25(23)30-29-31(26)27(33)24(36-29)16-17-5-4-7-21(32)15-17/h2-12,15-16,26,32H,13-14H2,1H3/b24-16-. The normalized spacial score (nSPS) is 16.6. The van der Waals surface area contributed by atoms with Gasteiger partial charge in [0.25, 0.3) is 5.56 Å². The lowest BCUT2D eigenvalue weighted by Gasteiger charge is -2.30. The Labute approximate surface area is 210 Å². The van der Waals surface area contributed by atoms with Crippen LogP contribution in [0.25, 0.3) is 11.8 Å². The molecule has 6 nitrogen and oxygen atoms in total. The first kappa shape index (κ1) is 22.2. The summed E-state index contributed by atoms with van der Waals surface area (Å²) < 4.78 is 7.16. The third kappa shape index (κ3) is 3.69. The van der Waals surface area contributed by atoms with E-state index in [2.05, 4.69) is 12.1 Å². The van der Waals surface area contributed by atoms with Crippen LogP contribution in [0.2, 0.25) is 0 Å². The summed E-state index contributed by atoms with van der Waals surface area (Å²) in [5.74, 6) is -0.254. The number of aryl methyl sites for hydroxylation is 1. The van der Waals surface area contributed by atoms with Crippen LogP contribution in [-0.4, -0.2) is 22.8 Å². The van der Waals surface area contributed by atoms with E-state index >= 15 is 0 Å². The van der Waals surface area contributed by atoms with Gasteiger partial charge in [-0.05, 0) is 65.4 Å². The second kappa shape index (κ2) is 8.77. The molecule has 3 aromatic carbocycles. The zero-order valence-electron chi connectivity index (χ0n) is 19.5. The highest BCUT2D eigenvalue weighted by Crippen LogP contribution is 2.41. The average Bonchev–Trinajstić information content (AvgIpc) is 3.21. The lowest BCUT2D eigenvalue weighted by atomic mass is 9.83. The number of methoxy groups -OCH3 is 1. The Bertz CT molecular complexity index is 1730. The van der Waals surface area contributed by atoms with Crippen LogP contribution in [0, 0.1) is 0 Å². The van der Waals surface area contributed by atoms with Gasteiger partial charge in [0.1, 0.15) is 5.75 Å². The summed E-state index contributed by atoms with van der Waals surface area (Å²) in [6.07, 6.45) is 3.45. The van der Waals surface area contributed by atoms with Crippen LogP contribution in [0.15, 0.2) is 88.2 Å². The van der Waals surface area contributed by atoms with E-state index < -0.39 is 5.97 Å². The predicted octanol–water partition coefficient (Wildman–Crippen LogP) is 3.81. The van der Waals surface area contributed by atoms with Crippen molar-refractivity contribution >= 4 is 29.1 Å². The number of nitrogens with zero attached hydrogens (tertiary/aromatic N) is 2. The summed E-state index contributed by atoms with van der Waals surface area (Å²) in [7, 11) is 1.36. The number of thiazole rings is 1. The second-order valence-corrected chi connectivity index (χ2v) is 9.83. The van der Waals surface area contributed by atoms with Gasteiger partial charge in [-0.1, -0.05) is 59.9 Å². The van der Waals surface area contributed by atoms with E-state index in [9.17, 15) is 14.7 Å². The quantitative estimate of drug-likeness (QED) is 0.439. The number of aromatic hydroxyl groups is 1. The number of hydrogen-bond acceptors (Lipinski definition) is 6. The van der Waals surface area contributed by atoms with E-state index in [0.29, 0.717) is 14.9 Å². The molecule has 6 rings (SSSR count). The molecule has 7 heteroatoms. The van der Waals surface area contributed by atoms with Gasteiger partial charge in [-0.15, -0.1) is 0 Å². The van der Waals surface area contributed by atoms with Gasteiger partial charge < -0.3 is 9.84 Å². The molecule has 4 aromatic rings. The van der Waals surface area contributed by atoms with Gasteiger partial charge in [0.05, 0.1) is 28.9 Å². The lowest BCUT2D eigenvalue weighted by Crippen LogP contribution is -2.38. The fourth-order valence-corrected chi connectivity index (χ4v) is 6.01. The Morgan fingerprint density at radius 1 is 1.08 bits per heavy atom. The van der Waals surface area contributed by atoms with E-state index in [1.165, 1.54) is 24.0 Å². The Morgan fingerprint density at radius 2 is 1.89 bits per heavy atom. The van der Waals surface area contributed by atoms with Gasteiger partial charge in [-0.2, -0.15) is 0 Å². The second-order valence-electron chi connectivity index (χ2n) is 8.82. The number of fused-ring (bicyclic) bond motifs is 3. The number of aromatic nitrogens is 1. The van der Waals surface area contributed by atoms with Gasteiger partial charge in [-0.25, -0.2) is 9.79 Å². The third-order valence-corrected chi connectivity index (χ3v) is 7.67. The van der Waals surface area contributed by atoms with E-state index in [1.54, 1.807) is 41.0 Å². The van der Waals surface area contributed by atoms with Crippen LogP contribution in [-0.2, 0) is 11.2 Å². The molecule has 1 unspecified atom stereocenters. The fraction of sp³-hybridized carbons (Fsp3) is 0.138. The zero-order valence-corrected chi connectivity index (χ0v) is 20.3. The molecule has 0 amide bonds. The predicted molar refractivity (Wildman–Crippen MR) is 139 cm³/mol. The van der Waals surface area contributed by atoms with Crippen LogP contribution in [0.3, 0.4) is 0 Å². The van der Waals surface area contributed by atoms with Gasteiger partial charge in [0, 0.05) is 5.56 Å². The molecule has 1 N–H and O–H groups in total. The van der Waals surface area contributed by atoms with Crippen molar-refractivity contribution in [2.24, 2.45) is 4.99 Å². The molecule has 2 heterocycles. The van der Waals surface area contributed by atoms with Crippen molar-refractivity contribution in [2.45, 2.75) is 18.9 Å². The summed E-state index contributed by atoms with van der Waals surface area (Å²) >= 11 is 1.34. The molecule has 1 aromatic heterocycles. The van der Waals surface area contributed by atoms with Crippen molar-refractivity contribution in [1.29, 1.82) is 0 Å². The van der Waals surface area contributed by atoms with Crippen molar-refractivity contribution < 1.29 is 14.6 Å². The van der Waals surface area contributed by atoms with Gasteiger partial charge >= 0.3 is 5.97 Å². The summed E-state index contributed by atoms with van der Waals surface area (Å²) in [6, 6.07) is 22.0. The molecular formula is C29H22N2O4S. The number of phenols is 1. The number of carbonyl (C=O) groups is 1. The highest BCUT2D eigenvalue weighted by Gasteiger charge is 2.32. The summed E-state index contributed by atoms with van der Waals surface area (Å²) in [4.78, 5) is 31.4. The summed E-state index contributed by atoms with van der Waals surface area (Å²) in [5, 5.41) is 9.87. The molecule has 0 saturated carbocycles. The Morgan fingerprint density at radius 3 is 2.67 bits per heavy atom. The molecule has 0 radical (unpaired) electrons. The van der Waals surface area contributed by atoms with Crippen molar-refractivity contribution in [3.63, 3.8) is 0 Å². The van der Waals surface area contributed by atoms with Gasteiger partial charge in [0.2, 0.25) is 0 Å². The molecular weight excluding hydrogens is 472 g/mol. The zero-order chi connectivity index (χ0) is 24.8. The van der Waals surface area contributed by atoms with Crippen molar-refractivity contribution in [1.82, 2.24) is 4.57 Å². The lowest BCUT2D eigenvalue weighted by molar-refractivity contribution is 0.0600. The average molecular weight is 495 g/mol. The Balaban J connectivity index is 1.59. The van der Waals surface area contributed by atoms with Crippen LogP contribution in [0.4, 0.5) is 0 Å².